The van der Waals surface area contributed by atoms with Crippen molar-refractivity contribution in [1.29, 1.82) is 0 Å². The highest BCUT2D eigenvalue weighted by molar-refractivity contribution is 14.1. The minimum absolute atomic E-state index is 0.269. The summed E-state index contributed by atoms with van der Waals surface area (Å²) >= 11 is 10.8. The molecule has 8 nitrogen and oxygen atoms in total. The lowest BCUT2D eigenvalue weighted by molar-refractivity contribution is 0.327. The summed E-state index contributed by atoms with van der Waals surface area (Å²) in [6.07, 6.45) is 11.4. The summed E-state index contributed by atoms with van der Waals surface area (Å²) in [5, 5.41) is 4.40. The maximum atomic E-state index is 11.7. The first-order chi connectivity index (χ1) is 17.5. The molecule has 1 fully saturated rings. The second kappa shape index (κ2) is 11.2. The summed E-state index contributed by atoms with van der Waals surface area (Å²) in [6.45, 7) is 3.13. The van der Waals surface area contributed by atoms with Gasteiger partial charge in [-0.15, -0.1) is 0 Å². The molecule has 0 radical (unpaired) electrons. The quantitative estimate of drug-likeness (QED) is 0.178. The van der Waals surface area contributed by atoms with Gasteiger partial charge in [-0.1, -0.05) is 46.3 Å². The van der Waals surface area contributed by atoms with Gasteiger partial charge >= 0.3 is 5.76 Å². The van der Waals surface area contributed by atoms with E-state index in [1.54, 1.807) is 12.4 Å². The van der Waals surface area contributed by atoms with Gasteiger partial charge in [-0.2, -0.15) is 11.8 Å². The van der Waals surface area contributed by atoms with E-state index in [1.165, 1.54) is 25.7 Å². The predicted octanol–water partition coefficient (Wildman–Crippen LogP) is 6.34. The predicted molar refractivity (Wildman–Crippen MR) is 153 cm³/mol. The van der Waals surface area contributed by atoms with Crippen LogP contribution >= 0.6 is 46.0 Å². The molecule has 1 aliphatic rings. The Hall–Kier alpha value is -1.92. The van der Waals surface area contributed by atoms with Crippen molar-refractivity contribution >= 4 is 57.0 Å². The molecule has 0 spiro atoms. The van der Waals surface area contributed by atoms with E-state index in [0.29, 0.717) is 22.6 Å². The number of rotatable bonds is 8. The molecule has 5 rings (SSSR count). The smallest absolute Gasteiger partial charge is 0.326 e. The highest BCUT2D eigenvalue weighted by Crippen LogP contribution is 2.37. The van der Waals surface area contributed by atoms with Gasteiger partial charge in [0.05, 0.1) is 21.7 Å². The SMILES string of the molecule is CCC(CSC)c1nc2cc(-c3noc(=O)[nH]3)nc(-c3cncc(Cl)c3)c2n1CC1CCC(I)CC1. The molecule has 0 aliphatic heterocycles. The number of fused-ring (bicyclic) bond motifs is 1. The summed E-state index contributed by atoms with van der Waals surface area (Å²) in [6, 6.07) is 3.75. The average Bonchev–Trinajstić information content (AvgIpc) is 3.47. The first-order valence-electron chi connectivity index (χ1n) is 12.2. The number of H-pyrrole nitrogens is 1. The Morgan fingerprint density at radius 3 is 2.72 bits per heavy atom. The topological polar surface area (TPSA) is 102 Å². The first kappa shape index (κ1) is 25.7. The minimum atomic E-state index is -0.624. The van der Waals surface area contributed by atoms with Crippen molar-refractivity contribution in [1.82, 2.24) is 29.7 Å². The third kappa shape index (κ3) is 5.35. The summed E-state index contributed by atoms with van der Waals surface area (Å²) < 4.78 is 7.92. The van der Waals surface area contributed by atoms with Gasteiger partial charge in [-0.05, 0) is 56.4 Å². The standard InChI is InChI=1S/C25H28ClIN6O2S/c1-3-15(13-36-2)24-30-19-9-20(23-31-25(34)35-32-23)29-21(16-8-17(26)11-28-10-16)22(19)33(24)12-14-4-6-18(27)7-5-14/h8-11,14-15,18H,3-7,12-13H2,1-2H3,(H,31,32,34). The van der Waals surface area contributed by atoms with E-state index >= 15 is 0 Å². The van der Waals surface area contributed by atoms with Crippen LogP contribution in [-0.2, 0) is 6.54 Å². The zero-order valence-corrected chi connectivity index (χ0v) is 23.9. The number of nitrogens with one attached hydrogen (secondary N) is 1. The molecule has 1 N–H and O–H groups in total. The second-order valence-corrected chi connectivity index (χ2v) is 12.4. The molecule has 0 amide bonds. The van der Waals surface area contributed by atoms with Crippen LogP contribution in [0.25, 0.3) is 33.8 Å². The number of aromatic nitrogens is 6. The van der Waals surface area contributed by atoms with Crippen LogP contribution < -0.4 is 5.76 Å². The third-order valence-corrected chi connectivity index (χ3v) is 9.05. The van der Waals surface area contributed by atoms with Gasteiger partial charge in [-0.3, -0.25) is 14.5 Å². The monoisotopic (exact) mass is 638 g/mol. The van der Waals surface area contributed by atoms with Crippen LogP contribution in [0.3, 0.4) is 0 Å². The van der Waals surface area contributed by atoms with Gasteiger partial charge in [0.25, 0.3) is 0 Å². The Morgan fingerprint density at radius 2 is 2.06 bits per heavy atom. The van der Waals surface area contributed by atoms with E-state index < -0.39 is 5.76 Å². The molecule has 1 atom stereocenters. The van der Waals surface area contributed by atoms with Gasteiger partial charge in [0.15, 0.2) is 0 Å². The highest BCUT2D eigenvalue weighted by atomic mass is 127. The van der Waals surface area contributed by atoms with Crippen LogP contribution in [0.4, 0.5) is 0 Å². The molecule has 190 valence electrons. The maximum absolute atomic E-state index is 11.7. The zero-order valence-electron chi connectivity index (χ0n) is 20.2. The van der Waals surface area contributed by atoms with Gasteiger partial charge in [0, 0.05) is 40.1 Å². The zero-order chi connectivity index (χ0) is 25.2. The van der Waals surface area contributed by atoms with Gasteiger partial charge < -0.3 is 4.57 Å². The van der Waals surface area contributed by atoms with E-state index in [9.17, 15) is 4.79 Å². The van der Waals surface area contributed by atoms with Crippen molar-refractivity contribution in [2.24, 2.45) is 5.92 Å². The second-order valence-electron chi connectivity index (χ2n) is 9.32. The summed E-state index contributed by atoms with van der Waals surface area (Å²) in [5.41, 5.74) is 3.79. The number of hydrogen-bond donors (Lipinski definition) is 1. The van der Waals surface area contributed by atoms with E-state index in [2.05, 4.69) is 55.5 Å². The molecule has 4 heterocycles. The number of hydrogen-bond acceptors (Lipinski definition) is 7. The fourth-order valence-electron chi connectivity index (χ4n) is 5.01. The lowest BCUT2D eigenvalue weighted by Gasteiger charge is -2.27. The molecule has 11 heteroatoms. The molecular formula is C25H28ClIN6O2S. The van der Waals surface area contributed by atoms with E-state index in [4.69, 9.17) is 26.1 Å². The van der Waals surface area contributed by atoms with Crippen LogP contribution in [0.5, 0.6) is 0 Å². The molecule has 4 aromatic rings. The Bertz CT molecular complexity index is 1410. The van der Waals surface area contributed by atoms with Crippen LogP contribution in [0.1, 0.15) is 50.8 Å². The summed E-state index contributed by atoms with van der Waals surface area (Å²) in [7, 11) is 0. The maximum Gasteiger partial charge on any atom is 0.439 e. The third-order valence-electron chi connectivity index (χ3n) is 6.86. The number of aromatic amines is 1. The molecule has 1 aliphatic carbocycles. The van der Waals surface area contributed by atoms with Crippen molar-refractivity contribution in [3.05, 3.63) is 45.9 Å². The molecule has 0 bridgehead atoms. The molecule has 0 saturated heterocycles. The summed E-state index contributed by atoms with van der Waals surface area (Å²) in [4.78, 5) is 28.7. The van der Waals surface area contributed by atoms with Gasteiger partial charge in [-0.25, -0.2) is 14.8 Å². The summed E-state index contributed by atoms with van der Waals surface area (Å²) in [5.74, 6) is 2.63. The lowest BCUT2D eigenvalue weighted by atomic mass is 9.89. The number of imidazole rings is 1. The number of halogens is 2. The molecule has 36 heavy (non-hydrogen) atoms. The molecule has 1 unspecified atom stereocenters. The fraction of sp³-hybridized carbons (Fsp3) is 0.480. The Balaban J connectivity index is 1.74. The average molecular weight is 639 g/mol. The van der Waals surface area contributed by atoms with E-state index in [0.717, 1.165) is 50.8 Å². The molecule has 0 aromatic carbocycles. The van der Waals surface area contributed by atoms with Gasteiger partial charge in [0.2, 0.25) is 5.82 Å². The van der Waals surface area contributed by atoms with Crippen molar-refractivity contribution in [3.8, 4) is 22.8 Å². The highest BCUT2D eigenvalue weighted by Gasteiger charge is 2.27. The Morgan fingerprint density at radius 1 is 1.25 bits per heavy atom. The number of thioether (sulfide) groups is 1. The van der Waals surface area contributed by atoms with E-state index in [1.807, 2.05) is 23.9 Å². The number of pyridine rings is 2. The van der Waals surface area contributed by atoms with Crippen LogP contribution in [-0.4, -0.2) is 45.6 Å². The minimum Gasteiger partial charge on any atom is -0.326 e. The lowest BCUT2D eigenvalue weighted by Crippen LogP contribution is -2.21. The molecule has 1 saturated carbocycles. The van der Waals surface area contributed by atoms with E-state index in [-0.39, 0.29) is 5.82 Å². The first-order valence-corrected chi connectivity index (χ1v) is 15.2. The van der Waals surface area contributed by atoms with Crippen LogP contribution in [0.15, 0.2) is 33.8 Å². The number of alkyl halides is 1. The van der Waals surface area contributed by atoms with Gasteiger partial charge in [0.1, 0.15) is 11.5 Å². The van der Waals surface area contributed by atoms with Crippen molar-refractivity contribution in [3.63, 3.8) is 0 Å². The van der Waals surface area contributed by atoms with Crippen molar-refractivity contribution < 1.29 is 4.52 Å². The van der Waals surface area contributed by atoms with Crippen molar-refractivity contribution in [2.45, 2.75) is 55.4 Å². The van der Waals surface area contributed by atoms with Crippen LogP contribution in [0, 0.1) is 5.92 Å². The van der Waals surface area contributed by atoms with Crippen molar-refractivity contribution in [2.75, 3.05) is 12.0 Å². The number of nitrogens with zero attached hydrogens (tertiary/aromatic N) is 5. The molecule has 4 aromatic heterocycles. The Labute approximate surface area is 232 Å². The Kier molecular flexibility index (Phi) is 8.02. The fourth-order valence-corrected chi connectivity index (χ4v) is 6.69. The largest absolute Gasteiger partial charge is 0.439 e. The normalized spacial score (nSPS) is 19.1. The molecular weight excluding hydrogens is 611 g/mol. The van der Waals surface area contributed by atoms with Crippen LogP contribution in [0.2, 0.25) is 5.02 Å².